The molecule has 0 aliphatic heterocycles. The quantitative estimate of drug-likeness (QED) is 0.651. The van der Waals surface area contributed by atoms with Gasteiger partial charge in [0.25, 0.3) is 0 Å². The Kier molecular flexibility index (Phi) is 4.27. The van der Waals surface area contributed by atoms with Gasteiger partial charge in [0.15, 0.2) is 5.78 Å². The number of hydrogen-bond acceptors (Lipinski definition) is 1. The van der Waals surface area contributed by atoms with Crippen LogP contribution in [0, 0.1) is 11.3 Å². The monoisotopic (exact) mass is 256 g/mol. The molecule has 0 amide bonds. The zero-order valence-corrected chi connectivity index (χ0v) is 12.3. The van der Waals surface area contributed by atoms with Crippen LogP contribution in [0.5, 0.6) is 0 Å². The van der Waals surface area contributed by atoms with Gasteiger partial charge in [0, 0.05) is 11.0 Å². The molecule has 102 valence electrons. The molecule has 0 saturated heterocycles. The van der Waals surface area contributed by atoms with E-state index in [0.29, 0.717) is 5.92 Å². The van der Waals surface area contributed by atoms with Crippen molar-refractivity contribution in [2.45, 2.75) is 52.9 Å². The number of Topliss-reactive ketones (excluding diaryl/α,β-unsaturated/α-hetero) is 1. The van der Waals surface area contributed by atoms with Crippen molar-refractivity contribution in [3.05, 3.63) is 41.2 Å². The summed E-state index contributed by atoms with van der Waals surface area (Å²) < 4.78 is 0. The predicted molar refractivity (Wildman–Crippen MR) is 79.9 cm³/mol. The molecule has 1 nitrogen and oxygen atoms in total. The highest BCUT2D eigenvalue weighted by Crippen LogP contribution is 2.31. The Bertz CT molecular complexity index is 470. The van der Waals surface area contributed by atoms with Gasteiger partial charge in [-0.1, -0.05) is 52.2 Å². The Morgan fingerprint density at radius 3 is 2.42 bits per heavy atom. The zero-order valence-electron chi connectivity index (χ0n) is 12.3. The highest BCUT2D eigenvalue weighted by Gasteiger charge is 2.24. The number of rotatable bonds is 2. The molecule has 0 unspecified atom stereocenters. The highest BCUT2D eigenvalue weighted by molar-refractivity contribution is 6.01. The van der Waals surface area contributed by atoms with Crippen molar-refractivity contribution in [3.63, 3.8) is 0 Å². The lowest BCUT2D eigenvalue weighted by Crippen LogP contribution is -2.21. The molecule has 0 aromatic heterocycles. The summed E-state index contributed by atoms with van der Waals surface area (Å²) in [5.41, 5.74) is 4.98. The Balaban J connectivity index is 2.19. The lowest BCUT2D eigenvalue weighted by atomic mass is 9.83. The lowest BCUT2D eigenvalue weighted by molar-refractivity contribution is -0.122. The fourth-order valence-corrected chi connectivity index (χ4v) is 2.77. The topological polar surface area (TPSA) is 17.1 Å². The summed E-state index contributed by atoms with van der Waals surface area (Å²) in [5, 5.41) is 0. The van der Waals surface area contributed by atoms with Crippen LogP contribution in [0.1, 0.15) is 52.9 Å². The number of ketones is 1. The predicted octanol–water partition coefficient (Wildman–Crippen LogP) is 4.76. The van der Waals surface area contributed by atoms with E-state index >= 15 is 0 Å². The van der Waals surface area contributed by atoms with E-state index in [2.05, 4.69) is 17.9 Å². The highest BCUT2D eigenvalue weighted by atomic mass is 16.1. The number of hydrogen-bond donors (Lipinski definition) is 0. The summed E-state index contributed by atoms with van der Waals surface area (Å²) >= 11 is 0. The summed E-state index contributed by atoms with van der Waals surface area (Å²) in [6.45, 7) is 5.89. The largest absolute Gasteiger partial charge is 0.294 e. The molecule has 0 heterocycles. The third-order valence-electron chi connectivity index (χ3n) is 3.96. The van der Waals surface area contributed by atoms with E-state index < -0.39 is 0 Å². The zero-order chi connectivity index (χ0) is 13.9. The Morgan fingerprint density at radius 1 is 1.11 bits per heavy atom. The second-order valence-electron chi connectivity index (χ2n) is 6.66. The Morgan fingerprint density at radius 2 is 1.79 bits per heavy atom. The third-order valence-corrected chi connectivity index (χ3v) is 3.96. The van der Waals surface area contributed by atoms with Gasteiger partial charge >= 0.3 is 0 Å². The minimum Gasteiger partial charge on any atom is -0.294 e. The number of carbonyl (C=O) groups excluding carboxylic acids is 1. The molecule has 0 aromatic carbocycles. The molecule has 0 aromatic rings. The van der Waals surface area contributed by atoms with Gasteiger partial charge in [-0.05, 0) is 36.5 Å². The van der Waals surface area contributed by atoms with Crippen molar-refractivity contribution in [1.29, 1.82) is 0 Å². The molecule has 0 bridgehead atoms. The van der Waals surface area contributed by atoms with Crippen molar-refractivity contribution in [3.8, 4) is 0 Å². The summed E-state index contributed by atoms with van der Waals surface area (Å²) in [7, 11) is 0. The summed E-state index contributed by atoms with van der Waals surface area (Å²) in [6.07, 6.45) is 14.6. The van der Waals surface area contributed by atoms with E-state index in [1.807, 2.05) is 32.9 Å². The first-order valence-corrected chi connectivity index (χ1v) is 7.37. The Hall–Kier alpha value is -1.33. The van der Waals surface area contributed by atoms with Gasteiger partial charge in [-0.2, -0.15) is 0 Å². The van der Waals surface area contributed by atoms with Gasteiger partial charge in [0.05, 0.1) is 0 Å². The van der Waals surface area contributed by atoms with Crippen LogP contribution in [0.2, 0.25) is 0 Å². The van der Waals surface area contributed by atoms with Crippen LogP contribution in [-0.2, 0) is 4.79 Å². The lowest BCUT2D eigenvalue weighted by Gasteiger charge is -2.22. The molecule has 1 heteroatoms. The second-order valence-corrected chi connectivity index (χ2v) is 6.66. The third kappa shape index (κ3) is 3.58. The Labute approximate surface area is 116 Å². The van der Waals surface area contributed by atoms with Crippen LogP contribution < -0.4 is 0 Å². The van der Waals surface area contributed by atoms with E-state index in [-0.39, 0.29) is 11.2 Å². The van der Waals surface area contributed by atoms with Gasteiger partial charge in [0.1, 0.15) is 0 Å². The summed E-state index contributed by atoms with van der Waals surface area (Å²) in [4.78, 5) is 12.3. The molecule has 1 fully saturated rings. The summed E-state index contributed by atoms with van der Waals surface area (Å²) in [6, 6.07) is 0. The maximum Gasteiger partial charge on any atom is 0.168 e. The van der Waals surface area contributed by atoms with Gasteiger partial charge < -0.3 is 0 Å². The van der Waals surface area contributed by atoms with E-state index in [9.17, 15) is 4.79 Å². The van der Waals surface area contributed by atoms with Crippen LogP contribution in [0.4, 0.5) is 0 Å². The molecule has 0 N–H and O–H groups in total. The number of allylic oxidation sites excluding steroid dienone is 5. The normalized spacial score (nSPS) is 20.8. The van der Waals surface area contributed by atoms with Crippen LogP contribution >= 0.6 is 0 Å². The van der Waals surface area contributed by atoms with E-state index in [0.717, 1.165) is 5.57 Å². The molecular formula is C18H24O. The standard InChI is InChI=1S/C18H24O/c1-18(2,3)17(19)16-11-7-10-15(12-13-16)14-8-5-4-6-9-14/h10-14H,4-6,8-9H2,1-3H3. The second kappa shape index (κ2) is 5.75. The maximum atomic E-state index is 12.3. The van der Waals surface area contributed by atoms with Crippen molar-refractivity contribution in [2.75, 3.05) is 0 Å². The summed E-state index contributed by atoms with van der Waals surface area (Å²) in [5.74, 6) is 0.851. The first-order chi connectivity index (χ1) is 8.98. The minimum absolute atomic E-state index is 0.189. The average Bonchev–Trinajstić information content (AvgIpc) is 2.63. The molecule has 2 aliphatic rings. The molecule has 0 atom stereocenters. The van der Waals surface area contributed by atoms with Crippen LogP contribution in [0.15, 0.2) is 41.2 Å². The van der Waals surface area contributed by atoms with Crippen molar-refractivity contribution in [1.82, 2.24) is 0 Å². The fraction of sp³-hybridized carbons (Fsp3) is 0.556. The molecular weight excluding hydrogens is 232 g/mol. The molecule has 1 saturated carbocycles. The van der Waals surface area contributed by atoms with Gasteiger partial charge in [-0.25, -0.2) is 0 Å². The van der Waals surface area contributed by atoms with E-state index in [1.165, 1.54) is 37.7 Å². The molecule has 2 rings (SSSR count). The average molecular weight is 256 g/mol. The minimum atomic E-state index is -0.326. The maximum absolute atomic E-state index is 12.3. The van der Waals surface area contributed by atoms with Crippen LogP contribution in [0.25, 0.3) is 0 Å². The van der Waals surface area contributed by atoms with Crippen LogP contribution in [-0.4, -0.2) is 5.78 Å². The molecule has 0 radical (unpaired) electrons. The van der Waals surface area contributed by atoms with Crippen molar-refractivity contribution >= 4 is 5.78 Å². The van der Waals surface area contributed by atoms with Crippen molar-refractivity contribution in [2.24, 2.45) is 11.3 Å². The SMILES string of the molecule is CC(C)(C)C(=O)C1=CC=C(C2CCCCC2)C=C=C1. The fourth-order valence-electron chi connectivity index (χ4n) is 2.77. The van der Waals surface area contributed by atoms with Crippen LogP contribution in [0.3, 0.4) is 0 Å². The molecule has 0 spiro atoms. The first-order valence-electron chi connectivity index (χ1n) is 7.37. The molecule has 19 heavy (non-hydrogen) atoms. The smallest absolute Gasteiger partial charge is 0.168 e. The number of carbonyl (C=O) groups is 1. The van der Waals surface area contributed by atoms with Gasteiger partial charge in [0.2, 0.25) is 0 Å². The van der Waals surface area contributed by atoms with Gasteiger partial charge in [-0.3, -0.25) is 4.79 Å². The van der Waals surface area contributed by atoms with Gasteiger partial charge in [-0.15, -0.1) is 5.73 Å². The molecule has 2 aliphatic carbocycles. The van der Waals surface area contributed by atoms with E-state index in [1.54, 1.807) is 0 Å². The van der Waals surface area contributed by atoms with Crippen molar-refractivity contribution < 1.29 is 4.79 Å². The first kappa shape index (κ1) is 14.1. The van der Waals surface area contributed by atoms with E-state index in [4.69, 9.17) is 0 Å².